The standard InChI is InChI=1S/C14H22N2O2/c1-10-6-13(17-2)14(18-3)8-11(10)7-12-9-15-4-5-16-12/h6,8,12,15-16H,4-5,7,9H2,1-3H3. The van der Waals surface area contributed by atoms with E-state index in [1.165, 1.54) is 11.1 Å². The maximum absolute atomic E-state index is 5.36. The first-order chi connectivity index (χ1) is 8.74. The fourth-order valence-electron chi connectivity index (χ4n) is 2.37. The number of aryl methyl sites for hydroxylation is 1. The van der Waals surface area contributed by atoms with Crippen LogP contribution in [0, 0.1) is 6.92 Å². The number of hydrogen-bond acceptors (Lipinski definition) is 4. The Morgan fingerprint density at radius 1 is 1.17 bits per heavy atom. The van der Waals surface area contributed by atoms with Crippen LogP contribution in [-0.2, 0) is 6.42 Å². The lowest BCUT2D eigenvalue weighted by atomic mass is 9.99. The lowest BCUT2D eigenvalue weighted by molar-refractivity contribution is 0.353. The predicted octanol–water partition coefficient (Wildman–Crippen LogP) is 1.12. The van der Waals surface area contributed by atoms with Crippen LogP contribution in [0.5, 0.6) is 11.5 Å². The molecule has 1 aromatic carbocycles. The molecule has 0 bridgehead atoms. The maximum Gasteiger partial charge on any atom is 0.161 e. The van der Waals surface area contributed by atoms with Crippen molar-refractivity contribution in [3.05, 3.63) is 23.3 Å². The van der Waals surface area contributed by atoms with E-state index in [0.29, 0.717) is 6.04 Å². The summed E-state index contributed by atoms with van der Waals surface area (Å²) in [6.45, 7) is 5.24. The van der Waals surface area contributed by atoms with Gasteiger partial charge in [-0.2, -0.15) is 0 Å². The summed E-state index contributed by atoms with van der Waals surface area (Å²) < 4.78 is 10.7. The monoisotopic (exact) mass is 250 g/mol. The van der Waals surface area contributed by atoms with E-state index in [9.17, 15) is 0 Å². The van der Waals surface area contributed by atoms with E-state index < -0.39 is 0 Å². The summed E-state index contributed by atoms with van der Waals surface area (Å²) in [5, 5.41) is 6.93. The number of nitrogens with one attached hydrogen (secondary N) is 2. The van der Waals surface area contributed by atoms with Crippen LogP contribution < -0.4 is 20.1 Å². The normalized spacial score (nSPS) is 19.6. The molecule has 1 aliphatic rings. The van der Waals surface area contributed by atoms with Gasteiger partial charge in [0.1, 0.15) is 0 Å². The number of methoxy groups -OCH3 is 2. The summed E-state index contributed by atoms with van der Waals surface area (Å²) in [7, 11) is 3.35. The van der Waals surface area contributed by atoms with Crippen LogP contribution in [-0.4, -0.2) is 39.9 Å². The molecule has 0 aromatic heterocycles. The highest BCUT2D eigenvalue weighted by Crippen LogP contribution is 2.30. The van der Waals surface area contributed by atoms with Crippen LogP contribution in [0.2, 0.25) is 0 Å². The molecule has 4 nitrogen and oxygen atoms in total. The Kier molecular flexibility index (Phi) is 4.44. The summed E-state index contributed by atoms with van der Waals surface area (Å²) in [4.78, 5) is 0. The van der Waals surface area contributed by atoms with Crippen LogP contribution in [0.15, 0.2) is 12.1 Å². The molecular formula is C14H22N2O2. The molecule has 2 rings (SSSR count). The largest absolute Gasteiger partial charge is 0.493 e. The molecule has 1 heterocycles. The first-order valence-corrected chi connectivity index (χ1v) is 6.40. The Bertz CT molecular complexity index is 401. The molecule has 0 spiro atoms. The molecule has 0 amide bonds. The van der Waals surface area contributed by atoms with E-state index in [0.717, 1.165) is 37.6 Å². The average Bonchev–Trinajstić information content (AvgIpc) is 2.41. The maximum atomic E-state index is 5.36. The van der Waals surface area contributed by atoms with E-state index in [1.54, 1.807) is 14.2 Å². The van der Waals surface area contributed by atoms with Crippen LogP contribution in [0.25, 0.3) is 0 Å². The van der Waals surface area contributed by atoms with Crippen molar-refractivity contribution in [2.24, 2.45) is 0 Å². The lowest BCUT2D eigenvalue weighted by Crippen LogP contribution is -2.49. The molecule has 100 valence electrons. The number of rotatable bonds is 4. The van der Waals surface area contributed by atoms with Crippen molar-refractivity contribution < 1.29 is 9.47 Å². The van der Waals surface area contributed by atoms with Crippen molar-refractivity contribution in [2.75, 3.05) is 33.9 Å². The van der Waals surface area contributed by atoms with Gasteiger partial charge >= 0.3 is 0 Å². The number of ether oxygens (including phenoxy) is 2. The second-order valence-electron chi connectivity index (χ2n) is 4.69. The van der Waals surface area contributed by atoms with E-state index in [2.05, 4.69) is 23.6 Å². The van der Waals surface area contributed by atoms with Gasteiger partial charge in [0.05, 0.1) is 14.2 Å². The first-order valence-electron chi connectivity index (χ1n) is 6.40. The fourth-order valence-corrected chi connectivity index (χ4v) is 2.37. The van der Waals surface area contributed by atoms with Gasteiger partial charge in [0, 0.05) is 25.7 Å². The molecular weight excluding hydrogens is 228 g/mol. The van der Waals surface area contributed by atoms with E-state index in [4.69, 9.17) is 9.47 Å². The third kappa shape index (κ3) is 2.94. The summed E-state index contributed by atoms with van der Waals surface area (Å²) in [5.74, 6) is 1.61. The number of piperazine rings is 1. The summed E-state index contributed by atoms with van der Waals surface area (Å²) in [6.07, 6.45) is 1.01. The van der Waals surface area contributed by atoms with Gasteiger partial charge < -0.3 is 20.1 Å². The van der Waals surface area contributed by atoms with Crippen molar-refractivity contribution in [2.45, 2.75) is 19.4 Å². The number of hydrogen-bond donors (Lipinski definition) is 2. The van der Waals surface area contributed by atoms with Crippen molar-refractivity contribution >= 4 is 0 Å². The van der Waals surface area contributed by atoms with Crippen LogP contribution in [0.1, 0.15) is 11.1 Å². The molecule has 2 N–H and O–H groups in total. The molecule has 1 fully saturated rings. The van der Waals surface area contributed by atoms with E-state index in [-0.39, 0.29) is 0 Å². The number of benzene rings is 1. The topological polar surface area (TPSA) is 42.5 Å². The fraction of sp³-hybridized carbons (Fsp3) is 0.571. The molecule has 1 aromatic rings. The van der Waals surface area contributed by atoms with Gasteiger partial charge in [-0.15, -0.1) is 0 Å². The summed E-state index contributed by atoms with van der Waals surface area (Å²) in [6, 6.07) is 4.63. The minimum Gasteiger partial charge on any atom is -0.493 e. The molecule has 18 heavy (non-hydrogen) atoms. The molecule has 4 heteroatoms. The van der Waals surface area contributed by atoms with Gasteiger partial charge in [-0.1, -0.05) is 0 Å². The van der Waals surface area contributed by atoms with Crippen molar-refractivity contribution in [3.63, 3.8) is 0 Å². The Labute approximate surface area is 109 Å². The quantitative estimate of drug-likeness (QED) is 0.840. The minimum absolute atomic E-state index is 0.496. The van der Waals surface area contributed by atoms with Crippen molar-refractivity contribution in [1.29, 1.82) is 0 Å². The Morgan fingerprint density at radius 2 is 1.89 bits per heavy atom. The molecule has 0 radical (unpaired) electrons. The zero-order valence-electron chi connectivity index (χ0n) is 11.4. The van der Waals surface area contributed by atoms with Gasteiger partial charge in [-0.25, -0.2) is 0 Å². The molecule has 1 saturated heterocycles. The van der Waals surface area contributed by atoms with Gasteiger partial charge in [-0.05, 0) is 36.6 Å². The SMILES string of the molecule is COc1cc(C)c(CC2CNCCN2)cc1OC. The zero-order valence-corrected chi connectivity index (χ0v) is 11.4. The molecule has 0 saturated carbocycles. The lowest BCUT2D eigenvalue weighted by Gasteiger charge is -2.25. The van der Waals surface area contributed by atoms with E-state index in [1.807, 2.05) is 6.07 Å². The minimum atomic E-state index is 0.496. The average molecular weight is 250 g/mol. The van der Waals surface area contributed by atoms with Gasteiger partial charge in [-0.3, -0.25) is 0 Å². The van der Waals surface area contributed by atoms with Crippen molar-refractivity contribution in [3.8, 4) is 11.5 Å². The molecule has 0 aliphatic carbocycles. The van der Waals surface area contributed by atoms with Gasteiger partial charge in [0.25, 0.3) is 0 Å². The van der Waals surface area contributed by atoms with E-state index >= 15 is 0 Å². The summed E-state index contributed by atoms with van der Waals surface area (Å²) in [5.41, 5.74) is 2.56. The van der Waals surface area contributed by atoms with Crippen LogP contribution >= 0.6 is 0 Å². The molecule has 1 atom stereocenters. The predicted molar refractivity (Wildman–Crippen MR) is 72.6 cm³/mol. The van der Waals surface area contributed by atoms with Gasteiger partial charge in [0.15, 0.2) is 11.5 Å². The highest BCUT2D eigenvalue weighted by atomic mass is 16.5. The highest BCUT2D eigenvalue weighted by molar-refractivity contribution is 5.47. The van der Waals surface area contributed by atoms with Crippen molar-refractivity contribution in [1.82, 2.24) is 10.6 Å². The summed E-state index contributed by atoms with van der Waals surface area (Å²) >= 11 is 0. The zero-order chi connectivity index (χ0) is 13.0. The third-order valence-electron chi connectivity index (χ3n) is 3.43. The Balaban J connectivity index is 2.16. The Morgan fingerprint density at radius 3 is 2.50 bits per heavy atom. The molecule has 1 aliphatic heterocycles. The second-order valence-corrected chi connectivity index (χ2v) is 4.69. The molecule has 1 unspecified atom stereocenters. The second kappa shape index (κ2) is 6.07. The van der Waals surface area contributed by atoms with Crippen LogP contribution in [0.4, 0.5) is 0 Å². The first kappa shape index (κ1) is 13.2. The third-order valence-corrected chi connectivity index (χ3v) is 3.43. The Hall–Kier alpha value is -1.26. The smallest absolute Gasteiger partial charge is 0.161 e. The van der Waals surface area contributed by atoms with Gasteiger partial charge in [0.2, 0.25) is 0 Å². The highest BCUT2D eigenvalue weighted by Gasteiger charge is 2.15. The van der Waals surface area contributed by atoms with Crippen LogP contribution in [0.3, 0.4) is 0 Å².